The van der Waals surface area contributed by atoms with Crippen LogP contribution >= 0.6 is 0 Å². The predicted octanol–water partition coefficient (Wildman–Crippen LogP) is 3.97. The molecule has 8 nitrogen and oxygen atoms in total. The highest BCUT2D eigenvalue weighted by Gasteiger charge is 2.27. The van der Waals surface area contributed by atoms with E-state index in [-0.39, 0.29) is 5.56 Å². The Labute approximate surface area is 186 Å². The molecule has 1 amide bonds. The summed E-state index contributed by atoms with van der Waals surface area (Å²) >= 11 is 0. The molecule has 0 aliphatic heterocycles. The van der Waals surface area contributed by atoms with Gasteiger partial charge in [-0.05, 0) is 30.3 Å². The third kappa shape index (κ3) is 5.50. The second-order valence-electron chi connectivity index (χ2n) is 7.05. The summed E-state index contributed by atoms with van der Waals surface area (Å²) in [7, 11) is 1.73. The molecule has 0 aliphatic carbocycles. The van der Waals surface area contributed by atoms with Gasteiger partial charge in [-0.2, -0.15) is 18.2 Å². The molecule has 0 saturated carbocycles. The topological polar surface area (TPSA) is 97.6 Å². The maximum Gasteiger partial charge on any atom is 0.405 e. The van der Waals surface area contributed by atoms with E-state index in [1.807, 2.05) is 35.6 Å². The lowest BCUT2D eigenvalue weighted by atomic mass is 10.1. The molecule has 2 N–H and O–H groups in total. The number of hydrogen-bond acceptors (Lipinski definition) is 6. The number of carbonyl (C=O) groups is 1. The van der Waals surface area contributed by atoms with E-state index < -0.39 is 18.6 Å². The van der Waals surface area contributed by atoms with Gasteiger partial charge < -0.3 is 10.6 Å². The van der Waals surface area contributed by atoms with Crippen LogP contribution in [0.25, 0.3) is 22.6 Å². The summed E-state index contributed by atoms with van der Waals surface area (Å²) in [6.45, 7) is -1.38. The molecule has 0 unspecified atom stereocenters. The highest BCUT2D eigenvalue weighted by molar-refractivity contribution is 5.94. The van der Waals surface area contributed by atoms with Crippen LogP contribution in [0.15, 0.2) is 67.1 Å². The van der Waals surface area contributed by atoms with Crippen molar-refractivity contribution < 1.29 is 18.0 Å². The number of hydrogen-bond donors (Lipinski definition) is 2. The summed E-state index contributed by atoms with van der Waals surface area (Å²) in [4.78, 5) is 24.4. The van der Waals surface area contributed by atoms with Gasteiger partial charge in [-0.1, -0.05) is 24.3 Å². The van der Waals surface area contributed by atoms with Crippen molar-refractivity contribution in [2.24, 2.45) is 7.05 Å². The summed E-state index contributed by atoms with van der Waals surface area (Å²) in [6, 6.07) is 15.5. The fourth-order valence-corrected chi connectivity index (χ4v) is 2.98. The fraction of sp³-hybridized carbons (Fsp3) is 0.136. The minimum Gasteiger partial charge on any atom is -0.343 e. The largest absolute Gasteiger partial charge is 0.405 e. The molecule has 33 heavy (non-hydrogen) atoms. The molecule has 4 rings (SSSR count). The number of aromatic nitrogens is 5. The van der Waals surface area contributed by atoms with Gasteiger partial charge >= 0.3 is 6.18 Å². The normalized spacial score (nSPS) is 11.3. The first-order chi connectivity index (χ1) is 15.8. The van der Waals surface area contributed by atoms with Crippen molar-refractivity contribution in [3.8, 4) is 22.6 Å². The summed E-state index contributed by atoms with van der Waals surface area (Å²) in [6.07, 6.45) is -1.30. The van der Waals surface area contributed by atoms with Gasteiger partial charge in [0, 0.05) is 35.6 Å². The Morgan fingerprint density at radius 2 is 1.70 bits per heavy atom. The fourth-order valence-electron chi connectivity index (χ4n) is 2.98. The predicted molar refractivity (Wildman–Crippen MR) is 116 cm³/mol. The Balaban J connectivity index is 1.44. The van der Waals surface area contributed by atoms with Crippen molar-refractivity contribution in [1.29, 1.82) is 0 Å². The first-order valence-corrected chi connectivity index (χ1v) is 9.78. The van der Waals surface area contributed by atoms with E-state index >= 15 is 0 Å². The summed E-state index contributed by atoms with van der Waals surface area (Å²) < 4.78 is 38.4. The van der Waals surface area contributed by atoms with Gasteiger partial charge in [-0.15, -0.1) is 5.10 Å². The molecule has 2 aromatic heterocycles. The Morgan fingerprint density at radius 3 is 2.33 bits per heavy atom. The third-order valence-electron chi connectivity index (χ3n) is 4.64. The molecule has 4 aromatic rings. The van der Waals surface area contributed by atoms with Gasteiger partial charge in [-0.3, -0.25) is 4.79 Å². The van der Waals surface area contributed by atoms with Crippen molar-refractivity contribution in [2.75, 3.05) is 11.9 Å². The Kier molecular flexibility index (Phi) is 6.03. The number of amides is 1. The zero-order valence-corrected chi connectivity index (χ0v) is 17.3. The molecule has 2 aromatic carbocycles. The molecular weight excluding hydrogens is 435 g/mol. The standard InChI is InChI=1S/C22H18F3N7O/c1-32-21(29-17-8-6-14(7-9-17)18-10-11-26-13-28-18)30-19(31-32)15-2-4-16(5-3-15)20(33)27-12-22(23,24)25/h2-11,13H,12H2,1H3,(H,27,33)(H,29,30,31). The maximum absolute atomic E-state index is 12.3. The smallest absolute Gasteiger partial charge is 0.343 e. The van der Waals surface area contributed by atoms with Crippen molar-refractivity contribution in [1.82, 2.24) is 30.0 Å². The lowest BCUT2D eigenvalue weighted by Gasteiger charge is -2.08. The van der Waals surface area contributed by atoms with Crippen LogP contribution in [0.4, 0.5) is 24.8 Å². The van der Waals surface area contributed by atoms with Gasteiger partial charge in [0.1, 0.15) is 12.9 Å². The summed E-state index contributed by atoms with van der Waals surface area (Å²) in [5.41, 5.74) is 3.28. The first kappa shape index (κ1) is 21.9. The van der Waals surface area contributed by atoms with E-state index in [4.69, 9.17) is 0 Å². The van der Waals surface area contributed by atoms with Gasteiger partial charge in [0.25, 0.3) is 5.91 Å². The van der Waals surface area contributed by atoms with Gasteiger partial charge in [-0.25, -0.2) is 14.6 Å². The monoisotopic (exact) mass is 453 g/mol. The average Bonchev–Trinajstić information content (AvgIpc) is 3.18. The molecule has 0 aliphatic rings. The average molecular weight is 453 g/mol. The van der Waals surface area contributed by atoms with Crippen LogP contribution in [-0.2, 0) is 7.05 Å². The van der Waals surface area contributed by atoms with Gasteiger partial charge in [0.05, 0.1) is 5.69 Å². The summed E-state index contributed by atoms with van der Waals surface area (Å²) in [5, 5.41) is 9.39. The molecule has 0 spiro atoms. The lowest BCUT2D eigenvalue weighted by molar-refractivity contribution is -0.123. The van der Waals surface area contributed by atoms with Crippen LogP contribution in [0.2, 0.25) is 0 Å². The van der Waals surface area contributed by atoms with E-state index in [0.717, 1.165) is 16.9 Å². The van der Waals surface area contributed by atoms with Crippen molar-refractivity contribution >= 4 is 17.5 Å². The summed E-state index contributed by atoms with van der Waals surface area (Å²) in [5.74, 6) is 0.0901. The quantitative estimate of drug-likeness (QED) is 0.459. The van der Waals surface area contributed by atoms with Crippen molar-refractivity contribution in [3.63, 3.8) is 0 Å². The maximum atomic E-state index is 12.3. The van der Waals surface area contributed by atoms with Crippen LogP contribution in [0.1, 0.15) is 10.4 Å². The van der Waals surface area contributed by atoms with Gasteiger partial charge in [0.2, 0.25) is 5.95 Å². The van der Waals surface area contributed by atoms with Crippen LogP contribution in [0, 0.1) is 0 Å². The first-order valence-electron chi connectivity index (χ1n) is 9.78. The lowest BCUT2D eigenvalue weighted by Crippen LogP contribution is -2.33. The van der Waals surface area contributed by atoms with E-state index in [1.54, 1.807) is 30.1 Å². The number of alkyl halides is 3. The number of nitrogens with zero attached hydrogens (tertiary/aromatic N) is 5. The Morgan fingerprint density at radius 1 is 1.00 bits per heavy atom. The Hall–Kier alpha value is -4.28. The molecule has 0 atom stereocenters. The molecule has 2 heterocycles. The molecule has 168 valence electrons. The van der Waals surface area contributed by atoms with E-state index in [2.05, 4.69) is 25.4 Å². The Bertz CT molecular complexity index is 1240. The SMILES string of the molecule is Cn1nc(-c2ccc(C(=O)NCC(F)(F)F)cc2)nc1Nc1ccc(-c2ccncn2)cc1. The zero-order chi connectivity index (χ0) is 23.4. The number of carbonyl (C=O) groups excluding carboxylic acids is 1. The van der Waals surface area contributed by atoms with E-state index in [9.17, 15) is 18.0 Å². The minimum absolute atomic E-state index is 0.112. The second-order valence-corrected chi connectivity index (χ2v) is 7.05. The number of halogens is 3. The molecule has 11 heteroatoms. The van der Waals surface area contributed by atoms with Crippen molar-refractivity contribution in [3.05, 3.63) is 72.7 Å². The number of nitrogens with one attached hydrogen (secondary N) is 2. The molecule has 0 fully saturated rings. The van der Waals surface area contributed by atoms with Crippen LogP contribution in [0.5, 0.6) is 0 Å². The second kappa shape index (κ2) is 9.07. The number of rotatable bonds is 6. The van der Waals surface area contributed by atoms with Crippen molar-refractivity contribution in [2.45, 2.75) is 6.18 Å². The third-order valence-corrected chi connectivity index (χ3v) is 4.64. The zero-order valence-electron chi connectivity index (χ0n) is 17.3. The number of aryl methyl sites for hydroxylation is 1. The van der Waals surface area contributed by atoms with Gasteiger partial charge in [0.15, 0.2) is 5.82 Å². The number of anilines is 2. The van der Waals surface area contributed by atoms with Crippen LogP contribution in [0.3, 0.4) is 0 Å². The highest BCUT2D eigenvalue weighted by Crippen LogP contribution is 2.23. The van der Waals surface area contributed by atoms with Crippen LogP contribution < -0.4 is 10.6 Å². The van der Waals surface area contributed by atoms with E-state index in [1.165, 1.54) is 18.5 Å². The molecule has 0 saturated heterocycles. The van der Waals surface area contributed by atoms with E-state index in [0.29, 0.717) is 17.3 Å². The molecule has 0 bridgehead atoms. The number of benzene rings is 2. The highest BCUT2D eigenvalue weighted by atomic mass is 19.4. The van der Waals surface area contributed by atoms with Crippen LogP contribution in [-0.4, -0.2) is 43.4 Å². The molecular formula is C22H18F3N7O. The molecule has 0 radical (unpaired) electrons. The minimum atomic E-state index is -4.47.